The van der Waals surface area contributed by atoms with Crippen LogP contribution in [0, 0.1) is 6.92 Å². The maximum Gasteiger partial charge on any atom is 0.305 e. The van der Waals surface area contributed by atoms with Gasteiger partial charge in [-0.15, -0.1) is 0 Å². The molecule has 1 aromatic heterocycles. The third-order valence-electron chi connectivity index (χ3n) is 4.34. The fourth-order valence-electron chi connectivity index (χ4n) is 3.03. The summed E-state index contributed by atoms with van der Waals surface area (Å²) in [7, 11) is 1.60. The van der Waals surface area contributed by atoms with Gasteiger partial charge in [0, 0.05) is 29.5 Å². The lowest BCUT2D eigenvalue weighted by molar-refractivity contribution is -0.138. The van der Waals surface area contributed by atoms with E-state index < -0.39 is 5.97 Å². The van der Waals surface area contributed by atoms with Crippen molar-refractivity contribution in [2.24, 2.45) is 0 Å². The van der Waals surface area contributed by atoms with Gasteiger partial charge in [-0.2, -0.15) is 11.8 Å². The van der Waals surface area contributed by atoms with Crippen LogP contribution in [0.5, 0.6) is 5.75 Å². The Labute approximate surface area is 150 Å². The van der Waals surface area contributed by atoms with Crippen LogP contribution in [0.2, 0.25) is 0 Å². The van der Waals surface area contributed by atoms with Crippen molar-refractivity contribution in [3.8, 4) is 5.75 Å². The Morgan fingerprint density at radius 3 is 2.92 bits per heavy atom. The number of pyridine rings is 1. The highest BCUT2D eigenvalue weighted by atomic mass is 32.2. The minimum Gasteiger partial charge on any atom is -0.497 e. The van der Waals surface area contributed by atoms with Crippen molar-refractivity contribution >= 4 is 34.5 Å². The number of ether oxygens (including phenoxy) is 1. The number of methoxy groups -OCH3 is 1. The monoisotopic (exact) mass is 360 g/mol. The standard InChI is InChI=1S/C18H20N2O4S/c1-11-15(7-12-3-4-14(24-2)9-16(12)19-11)18(23)20-5-6-25-10-13(20)8-17(21)22/h3-4,7,9,13H,5-6,8,10H2,1-2H3,(H,21,22). The van der Waals surface area contributed by atoms with Crippen LogP contribution in [0.15, 0.2) is 24.3 Å². The van der Waals surface area contributed by atoms with E-state index in [1.165, 1.54) is 0 Å². The second-order valence-corrected chi connectivity index (χ2v) is 7.15. The lowest BCUT2D eigenvalue weighted by Crippen LogP contribution is -2.47. The number of hydrogen-bond donors (Lipinski definition) is 1. The lowest BCUT2D eigenvalue weighted by atomic mass is 10.1. The molecule has 0 bridgehead atoms. The highest BCUT2D eigenvalue weighted by Crippen LogP contribution is 2.25. The molecule has 1 aromatic carbocycles. The number of amides is 1. The summed E-state index contributed by atoms with van der Waals surface area (Å²) in [4.78, 5) is 30.4. The van der Waals surface area contributed by atoms with Gasteiger partial charge in [0.05, 0.1) is 36.3 Å². The Hall–Kier alpha value is -2.28. The number of aliphatic carboxylic acids is 1. The number of rotatable bonds is 4. The molecular weight excluding hydrogens is 340 g/mol. The number of aromatic nitrogens is 1. The van der Waals surface area contributed by atoms with Gasteiger partial charge in [0.25, 0.3) is 5.91 Å². The third kappa shape index (κ3) is 3.71. The number of carboxylic acid groups (broad SMARTS) is 1. The molecule has 0 aliphatic carbocycles. The summed E-state index contributed by atoms with van der Waals surface area (Å²) in [6.45, 7) is 2.36. The molecule has 132 valence electrons. The van der Waals surface area contributed by atoms with Crippen molar-refractivity contribution in [2.75, 3.05) is 25.2 Å². The molecule has 1 unspecified atom stereocenters. The van der Waals surface area contributed by atoms with Crippen LogP contribution < -0.4 is 4.74 Å². The zero-order valence-corrected chi connectivity index (χ0v) is 15.0. The Balaban J connectivity index is 1.95. The highest BCUT2D eigenvalue weighted by Gasteiger charge is 2.30. The average molecular weight is 360 g/mol. The molecule has 2 heterocycles. The van der Waals surface area contributed by atoms with Crippen molar-refractivity contribution in [1.82, 2.24) is 9.88 Å². The van der Waals surface area contributed by atoms with Gasteiger partial charge in [-0.1, -0.05) is 0 Å². The summed E-state index contributed by atoms with van der Waals surface area (Å²) < 4.78 is 5.21. The average Bonchev–Trinajstić information content (AvgIpc) is 2.60. The van der Waals surface area contributed by atoms with Crippen LogP contribution in [-0.2, 0) is 4.79 Å². The molecule has 1 aliphatic rings. The number of aryl methyl sites for hydroxylation is 1. The summed E-state index contributed by atoms with van der Waals surface area (Å²) in [5, 5.41) is 9.97. The largest absolute Gasteiger partial charge is 0.497 e. The third-order valence-corrected chi connectivity index (χ3v) is 5.44. The maximum absolute atomic E-state index is 13.0. The Morgan fingerprint density at radius 2 is 2.20 bits per heavy atom. The first-order valence-corrected chi connectivity index (χ1v) is 9.21. The molecule has 0 radical (unpaired) electrons. The number of hydrogen-bond acceptors (Lipinski definition) is 5. The van der Waals surface area contributed by atoms with E-state index in [-0.39, 0.29) is 18.4 Å². The van der Waals surface area contributed by atoms with Gasteiger partial charge in [-0.25, -0.2) is 0 Å². The lowest BCUT2D eigenvalue weighted by Gasteiger charge is -2.35. The Bertz CT molecular complexity index is 824. The fourth-order valence-corrected chi connectivity index (χ4v) is 4.10. The van der Waals surface area contributed by atoms with Crippen LogP contribution in [0.1, 0.15) is 22.5 Å². The summed E-state index contributed by atoms with van der Waals surface area (Å²) in [6, 6.07) is 7.09. The molecule has 7 heteroatoms. The number of carbonyl (C=O) groups excluding carboxylic acids is 1. The van der Waals surface area contributed by atoms with Gasteiger partial charge in [0.1, 0.15) is 5.75 Å². The van der Waals surface area contributed by atoms with E-state index in [0.717, 1.165) is 16.7 Å². The maximum atomic E-state index is 13.0. The molecule has 2 aromatic rings. The van der Waals surface area contributed by atoms with Gasteiger partial charge in [-0.3, -0.25) is 14.6 Å². The van der Waals surface area contributed by atoms with Gasteiger partial charge < -0.3 is 14.7 Å². The molecule has 0 spiro atoms. The van der Waals surface area contributed by atoms with E-state index in [1.807, 2.05) is 24.3 Å². The van der Waals surface area contributed by atoms with Crippen LogP contribution >= 0.6 is 11.8 Å². The predicted molar refractivity (Wildman–Crippen MR) is 97.4 cm³/mol. The quantitative estimate of drug-likeness (QED) is 0.903. The van der Waals surface area contributed by atoms with Crippen molar-refractivity contribution in [3.05, 3.63) is 35.5 Å². The van der Waals surface area contributed by atoms with Gasteiger partial charge in [-0.05, 0) is 25.1 Å². The van der Waals surface area contributed by atoms with Crippen molar-refractivity contribution in [1.29, 1.82) is 0 Å². The molecule has 1 saturated heterocycles. The molecule has 1 aliphatic heterocycles. The summed E-state index contributed by atoms with van der Waals surface area (Å²) >= 11 is 1.69. The molecule has 1 N–H and O–H groups in total. The number of nitrogens with zero attached hydrogens (tertiary/aromatic N) is 2. The summed E-state index contributed by atoms with van der Waals surface area (Å²) in [5.41, 5.74) is 1.93. The summed E-state index contributed by atoms with van der Waals surface area (Å²) in [6.07, 6.45) is -0.0317. The minimum absolute atomic E-state index is 0.0317. The molecule has 0 saturated carbocycles. The first kappa shape index (κ1) is 17.5. The first-order chi connectivity index (χ1) is 12.0. The Morgan fingerprint density at radius 1 is 1.40 bits per heavy atom. The van der Waals surface area contributed by atoms with E-state index in [0.29, 0.717) is 29.3 Å². The normalized spacial score (nSPS) is 17.5. The van der Waals surface area contributed by atoms with Crippen molar-refractivity contribution < 1.29 is 19.4 Å². The number of fused-ring (bicyclic) bond motifs is 1. The van der Waals surface area contributed by atoms with Gasteiger partial charge in [0.15, 0.2) is 0 Å². The number of thioether (sulfide) groups is 1. The first-order valence-electron chi connectivity index (χ1n) is 8.05. The molecular formula is C18H20N2O4S. The van der Waals surface area contributed by atoms with Crippen LogP contribution in [-0.4, -0.2) is 58.1 Å². The molecule has 1 fully saturated rings. The zero-order chi connectivity index (χ0) is 18.0. The second kappa shape index (κ2) is 7.31. The van der Waals surface area contributed by atoms with E-state index in [1.54, 1.807) is 30.7 Å². The number of benzene rings is 1. The van der Waals surface area contributed by atoms with E-state index >= 15 is 0 Å². The second-order valence-electron chi connectivity index (χ2n) is 6.01. The van der Waals surface area contributed by atoms with Gasteiger partial charge in [0.2, 0.25) is 0 Å². The van der Waals surface area contributed by atoms with E-state index in [4.69, 9.17) is 9.84 Å². The molecule has 1 amide bonds. The smallest absolute Gasteiger partial charge is 0.305 e. The molecule has 25 heavy (non-hydrogen) atoms. The Kier molecular flexibility index (Phi) is 5.13. The molecule has 6 nitrogen and oxygen atoms in total. The highest BCUT2D eigenvalue weighted by molar-refractivity contribution is 7.99. The van der Waals surface area contributed by atoms with E-state index in [2.05, 4.69) is 4.98 Å². The topological polar surface area (TPSA) is 79.7 Å². The fraction of sp³-hybridized carbons (Fsp3) is 0.389. The summed E-state index contributed by atoms with van der Waals surface area (Å²) in [5.74, 6) is 1.15. The van der Waals surface area contributed by atoms with Crippen LogP contribution in [0.4, 0.5) is 0 Å². The van der Waals surface area contributed by atoms with E-state index in [9.17, 15) is 9.59 Å². The van der Waals surface area contributed by atoms with Gasteiger partial charge >= 0.3 is 5.97 Å². The van der Waals surface area contributed by atoms with Crippen molar-refractivity contribution in [3.63, 3.8) is 0 Å². The number of carboxylic acids is 1. The number of carbonyl (C=O) groups is 2. The zero-order valence-electron chi connectivity index (χ0n) is 14.2. The van der Waals surface area contributed by atoms with Crippen LogP contribution in [0.25, 0.3) is 10.9 Å². The van der Waals surface area contributed by atoms with Crippen LogP contribution in [0.3, 0.4) is 0 Å². The van der Waals surface area contributed by atoms with Crippen molar-refractivity contribution in [2.45, 2.75) is 19.4 Å². The molecule has 1 atom stereocenters. The SMILES string of the molecule is COc1ccc2cc(C(=O)N3CCSCC3CC(=O)O)c(C)nc2c1. The molecule has 3 rings (SSSR count). The minimum atomic E-state index is -0.884. The predicted octanol–water partition coefficient (Wildman–Crippen LogP) is 2.58.